The van der Waals surface area contributed by atoms with Crippen LogP contribution in [0.25, 0.3) is 10.8 Å². The lowest BCUT2D eigenvalue weighted by atomic mass is 10.2. The summed E-state index contributed by atoms with van der Waals surface area (Å²) in [7, 11) is 0. The summed E-state index contributed by atoms with van der Waals surface area (Å²) in [6, 6.07) is 7.58. The van der Waals surface area contributed by atoms with Crippen LogP contribution in [0.1, 0.15) is 20.8 Å². The number of rotatable bonds is 0. The van der Waals surface area contributed by atoms with Gasteiger partial charge in [-0.15, -0.1) is 0 Å². The molecule has 0 radical (unpaired) electrons. The maximum atomic E-state index is 11.9. The zero-order valence-electron chi connectivity index (χ0n) is 10.2. The number of carbonyl (C=O) groups excluding carboxylic acids is 1. The number of carbonyl (C=O) groups is 1. The van der Waals surface area contributed by atoms with Crippen molar-refractivity contribution in [3.05, 3.63) is 30.5 Å². The Labute approximate surface area is 100.0 Å². The SMILES string of the molecule is CC(C)(C)OC(=O)n1cc2ccccc2c1N. The van der Waals surface area contributed by atoms with Gasteiger partial charge in [-0.1, -0.05) is 24.3 Å². The third-order valence-electron chi connectivity index (χ3n) is 2.35. The van der Waals surface area contributed by atoms with Crippen LogP contribution in [0.4, 0.5) is 10.6 Å². The predicted octanol–water partition coefficient (Wildman–Crippen LogP) is 3.01. The van der Waals surface area contributed by atoms with Crippen LogP contribution in [0.2, 0.25) is 0 Å². The highest BCUT2D eigenvalue weighted by molar-refractivity contribution is 5.97. The lowest BCUT2D eigenvalue weighted by Gasteiger charge is -2.19. The molecule has 1 heterocycles. The van der Waals surface area contributed by atoms with E-state index in [4.69, 9.17) is 10.5 Å². The van der Waals surface area contributed by atoms with Gasteiger partial charge in [0.2, 0.25) is 0 Å². The Morgan fingerprint density at radius 3 is 2.53 bits per heavy atom. The first kappa shape index (κ1) is 11.5. The van der Waals surface area contributed by atoms with Gasteiger partial charge in [-0.05, 0) is 20.8 Å². The summed E-state index contributed by atoms with van der Waals surface area (Å²) in [5.74, 6) is 0.412. The molecular formula is C13H16N2O2. The number of benzene rings is 1. The highest BCUT2D eigenvalue weighted by Crippen LogP contribution is 2.24. The zero-order chi connectivity index (χ0) is 12.6. The van der Waals surface area contributed by atoms with Crippen molar-refractivity contribution in [1.82, 2.24) is 4.57 Å². The van der Waals surface area contributed by atoms with Crippen molar-refractivity contribution in [1.29, 1.82) is 0 Å². The summed E-state index contributed by atoms with van der Waals surface area (Å²) in [6.07, 6.45) is 1.24. The summed E-state index contributed by atoms with van der Waals surface area (Å²) in [4.78, 5) is 11.9. The Hall–Kier alpha value is -1.97. The van der Waals surface area contributed by atoms with Gasteiger partial charge in [0, 0.05) is 17.0 Å². The first-order valence-corrected chi connectivity index (χ1v) is 5.47. The third kappa shape index (κ3) is 2.25. The van der Waals surface area contributed by atoms with Gasteiger partial charge in [-0.25, -0.2) is 9.36 Å². The van der Waals surface area contributed by atoms with Crippen molar-refractivity contribution in [2.75, 3.05) is 5.73 Å². The van der Waals surface area contributed by atoms with E-state index >= 15 is 0 Å². The van der Waals surface area contributed by atoms with Crippen LogP contribution in [-0.4, -0.2) is 16.3 Å². The second-order valence-electron chi connectivity index (χ2n) is 4.95. The number of fused-ring (bicyclic) bond motifs is 1. The second-order valence-corrected chi connectivity index (χ2v) is 4.95. The molecule has 0 amide bonds. The fourth-order valence-electron chi connectivity index (χ4n) is 1.64. The second kappa shape index (κ2) is 3.80. The van der Waals surface area contributed by atoms with Gasteiger partial charge in [-0.2, -0.15) is 0 Å². The van der Waals surface area contributed by atoms with Gasteiger partial charge in [0.15, 0.2) is 0 Å². The van der Waals surface area contributed by atoms with E-state index in [1.54, 1.807) is 6.20 Å². The Bertz CT molecular complexity index is 564. The number of ether oxygens (including phenoxy) is 1. The van der Waals surface area contributed by atoms with E-state index in [0.717, 1.165) is 10.8 Å². The monoisotopic (exact) mass is 232 g/mol. The van der Waals surface area contributed by atoms with Crippen LogP contribution in [0, 0.1) is 0 Å². The summed E-state index contributed by atoms with van der Waals surface area (Å²) < 4.78 is 6.62. The van der Waals surface area contributed by atoms with Gasteiger partial charge >= 0.3 is 6.09 Å². The average molecular weight is 232 g/mol. The molecule has 0 aliphatic heterocycles. The van der Waals surface area contributed by atoms with E-state index < -0.39 is 11.7 Å². The fourth-order valence-corrected chi connectivity index (χ4v) is 1.64. The molecule has 1 aromatic carbocycles. The van der Waals surface area contributed by atoms with E-state index in [-0.39, 0.29) is 0 Å². The maximum absolute atomic E-state index is 11.9. The molecule has 2 aromatic rings. The Morgan fingerprint density at radius 2 is 1.94 bits per heavy atom. The smallest absolute Gasteiger partial charge is 0.420 e. The number of hydrogen-bond donors (Lipinski definition) is 1. The molecule has 0 fully saturated rings. The Balaban J connectivity index is 2.43. The molecule has 0 aliphatic rings. The first-order chi connectivity index (χ1) is 7.88. The Kier molecular flexibility index (Phi) is 2.58. The highest BCUT2D eigenvalue weighted by atomic mass is 16.6. The normalized spacial score (nSPS) is 11.7. The number of nitrogens with zero attached hydrogens (tertiary/aromatic N) is 1. The summed E-state index contributed by atoms with van der Waals surface area (Å²) in [5.41, 5.74) is 5.39. The van der Waals surface area contributed by atoms with Crippen molar-refractivity contribution >= 4 is 22.7 Å². The topological polar surface area (TPSA) is 57.2 Å². The van der Waals surface area contributed by atoms with E-state index in [2.05, 4.69) is 0 Å². The summed E-state index contributed by atoms with van der Waals surface area (Å²) >= 11 is 0. The van der Waals surface area contributed by atoms with Crippen LogP contribution in [0.15, 0.2) is 30.5 Å². The van der Waals surface area contributed by atoms with E-state index in [1.807, 2.05) is 45.0 Å². The van der Waals surface area contributed by atoms with Gasteiger partial charge in [0.05, 0.1) is 0 Å². The first-order valence-electron chi connectivity index (χ1n) is 5.47. The molecule has 1 aromatic heterocycles. The molecular weight excluding hydrogens is 216 g/mol. The lowest BCUT2D eigenvalue weighted by molar-refractivity contribution is 0.0541. The largest absolute Gasteiger partial charge is 0.443 e. The van der Waals surface area contributed by atoms with Crippen LogP contribution in [0.3, 0.4) is 0 Å². The molecule has 4 heteroatoms. The van der Waals surface area contributed by atoms with Crippen molar-refractivity contribution < 1.29 is 9.53 Å². The van der Waals surface area contributed by atoms with Crippen molar-refractivity contribution in [2.45, 2.75) is 26.4 Å². The molecule has 90 valence electrons. The molecule has 0 atom stereocenters. The maximum Gasteiger partial charge on any atom is 0.420 e. The van der Waals surface area contributed by atoms with Crippen LogP contribution >= 0.6 is 0 Å². The van der Waals surface area contributed by atoms with E-state index in [0.29, 0.717) is 5.82 Å². The third-order valence-corrected chi connectivity index (χ3v) is 2.35. The van der Waals surface area contributed by atoms with Crippen molar-refractivity contribution in [3.8, 4) is 0 Å². The molecule has 4 nitrogen and oxygen atoms in total. The van der Waals surface area contributed by atoms with E-state index in [9.17, 15) is 4.79 Å². The number of anilines is 1. The minimum Gasteiger partial charge on any atom is -0.443 e. The fraction of sp³-hybridized carbons (Fsp3) is 0.308. The summed E-state index contributed by atoms with van der Waals surface area (Å²) in [5, 5.41) is 1.79. The number of hydrogen-bond acceptors (Lipinski definition) is 3. The molecule has 0 unspecified atom stereocenters. The van der Waals surface area contributed by atoms with Crippen LogP contribution < -0.4 is 5.73 Å². The molecule has 2 rings (SSSR count). The number of aromatic nitrogens is 1. The minimum atomic E-state index is -0.528. The van der Waals surface area contributed by atoms with E-state index in [1.165, 1.54) is 4.57 Å². The molecule has 17 heavy (non-hydrogen) atoms. The highest BCUT2D eigenvalue weighted by Gasteiger charge is 2.20. The standard InChI is InChI=1S/C13H16N2O2/c1-13(2,3)17-12(16)15-8-9-6-4-5-7-10(9)11(15)14/h4-8H,14H2,1-3H3. The Morgan fingerprint density at radius 1 is 1.29 bits per heavy atom. The minimum absolute atomic E-state index is 0.412. The van der Waals surface area contributed by atoms with Gasteiger partial charge < -0.3 is 10.5 Å². The molecule has 2 N–H and O–H groups in total. The number of nitrogens with two attached hydrogens (primary N) is 1. The van der Waals surface area contributed by atoms with Crippen molar-refractivity contribution in [2.24, 2.45) is 0 Å². The average Bonchev–Trinajstić information content (AvgIpc) is 2.55. The van der Waals surface area contributed by atoms with Crippen LogP contribution in [-0.2, 0) is 4.74 Å². The summed E-state index contributed by atoms with van der Waals surface area (Å²) in [6.45, 7) is 5.47. The zero-order valence-corrected chi connectivity index (χ0v) is 10.2. The lowest BCUT2D eigenvalue weighted by Crippen LogP contribution is -2.27. The van der Waals surface area contributed by atoms with Gasteiger partial charge in [-0.3, -0.25) is 0 Å². The molecule has 0 saturated heterocycles. The van der Waals surface area contributed by atoms with Gasteiger partial charge in [0.1, 0.15) is 11.4 Å². The molecule has 0 bridgehead atoms. The van der Waals surface area contributed by atoms with Crippen LogP contribution in [0.5, 0.6) is 0 Å². The molecule has 0 saturated carbocycles. The van der Waals surface area contributed by atoms with Crippen molar-refractivity contribution in [3.63, 3.8) is 0 Å². The quantitative estimate of drug-likeness (QED) is 0.759. The predicted molar refractivity (Wildman–Crippen MR) is 68.0 cm³/mol. The van der Waals surface area contributed by atoms with Gasteiger partial charge in [0.25, 0.3) is 0 Å². The molecule has 0 aliphatic carbocycles. The number of nitrogen functional groups attached to an aromatic ring is 1. The molecule has 0 spiro atoms.